The number of rotatable bonds is 5. The van der Waals surface area contributed by atoms with Crippen molar-refractivity contribution in [3.05, 3.63) is 58.9 Å². The Labute approximate surface area is 114 Å². The standard InChI is InChI=1S/C16H20N2O/c1-12-5-4-6-14(7-12)10-17-11-15-9-16(19-3)8-13(2)18-15/h4-9,17H,10-11H2,1-3H3. The average molecular weight is 256 g/mol. The molecule has 3 heteroatoms. The zero-order valence-electron chi connectivity index (χ0n) is 11.7. The Morgan fingerprint density at radius 2 is 1.95 bits per heavy atom. The van der Waals surface area contributed by atoms with Crippen LogP contribution in [-0.4, -0.2) is 12.1 Å². The molecular formula is C16H20N2O. The van der Waals surface area contributed by atoms with E-state index >= 15 is 0 Å². The quantitative estimate of drug-likeness (QED) is 0.893. The van der Waals surface area contributed by atoms with Gasteiger partial charge in [-0.25, -0.2) is 0 Å². The summed E-state index contributed by atoms with van der Waals surface area (Å²) in [6, 6.07) is 12.4. The van der Waals surface area contributed by atoms with Crippen LogP contribution in [0.4, 0.5) is 0 Å². The normalized spacial score (nSPS) is 10.5. The molecule has 0 saturated heterocycles. The van der Waals surface area contributed by atoms with Crippen LogP contribution in [0.3, 0.4) is 0 Å². The van der Waals surface area contributed by atoms with Crippen LogP contribution in [0.5, 0.6) is 5.75 Å². The molecule has 1 aromatic heterocycles. The summed E-state index contributed by atoms with van der Waals surface area (Å²) in [5, 5.41) is 3.41. The Hall–Kier alpha value is -1.87. The fraction of sp³-hybridized carbons (Fsp3) is 0.312. The predicted octanol–water partition coefficient (Wildman–Crippen LogP) is 3.00. The molecule has 3 nitrogen and oxygen atoms in total. The van der Waals surface area contributed by atoms with E-state index in [0.29, 0.717) is 0 Å². The summed E-state index contributed by atoms with van der Waals surface area (Å²) in [6.07, 6.45) is 0. The Morgan fingerprint density at radius 1 is 1.11 bits per heavy atom. The van der Waals surface area contributed by atoms with E-state index in [9.17, 15) is 0 Å². The lowest BCUT2D eigenvalue weighted by atomic mass is 10.1. The molecule has 19 heavy (non-hydrogen) atoms. The molecule has 0 bridgehead atoms. The van der Waals surface area contributed by atoms with Crippen molar-refractivity contribution in [2.24, 2.45) is 0 Å². The number of aromatic nitrogens is 1. The van der Waals surface area contributed by atoms with Crippen molar-refractivity contribution in [2.75, 3.05) is 7.11 Å². The van der Waals surface area contributed by atoms with E-state index < -0.39 is 0 Å². The Kier molecular flexibility index (Phi) is 4.53. The van der Waals surface area contributed by atoms with E-state index in [1.807, 2.05) is 19.1 Å². The van der Waals surface area contributed by atoms with Gasteiger partial charge >= 0.3 is 0 Å². The van der Waals surface area contributed by atoms with Gasteiger partial charge in [0.15, 0.2) is 0 Å². The molecule has 0 spiro atoms. The largest absolute Gasteiger partial charge is 0.497 e. The van der Waals surface area contributed by atoms with Gasteiger partial charge in [0.05, 0.1) is 12.8 Å². The smallest absolute Gasteiger partial charge is 0.122 e. The number of pyridine rings is 1. The van der Waals surface area contributed by atoms with Gasteiger partial charge < -0.3 is 10.1 Å². The average Bonchev–Trinajstić information content (AvgIpc) is 2.38. The second-order valence-corrected chi connectivity index (χ2v) is 4.73. The molecule has 0 radical (unpaired) electrons. The molecule has 0 amide bonds. The minimum Gasteiger partial charge on any atom is -0.497 e. The number of ether oxygens (including phenoxy) is 1. The Bertz CT molecular complexity index is 552. The molecule has 1 aromatic carbocycles. The lowest BCUT2D eigenvalue weighted by Gasteiger charge is -2.08. The third kappa shape index (κ3) is 4.07. The molecule has 0 unspecified atom stereocenters. The third-order valence-electron chi connectivity index (χ3n) is 2.93. The molecule has 100 valence electrons. The zero-order chi connectivity index (χ0) is 13.7. The second kappa shape index (κ2) is 6.34. The number of nitrogens with zero attached hydrogens (tertiary/aromatic N) is 1. The van der Waals surface area contributed by atoms with Crippen LogP contribution in [0.25, 0.3) is 0 Å². The number of hydrogen-bond acceptors (Lipinski definition) is 3. The molecule has 0 aliphatic rings. The monoisotopic (exact) mass is 256 g/mol. The van der Waals surface area contributed by atoms with Gasteiger partial charge in [-0.15, -0.1) is 0 Å². The molecule has 0 saturated carbocycles. The molecule has 0 aliphatic carbocycles. The minimum absolute atomic E-state index is 0.742. The van der Waals surface area contributed by atoms with Crippen LogP contribution >= 0.6 is 0 Å². The molecule has 0 fully saturated rings. The SMILES string of the molecule is COc1cc(C)nc(CNCc2cccc(C)c2)c1. The fourth-order valence-corrected chi connectivity index (χ4v) is 2.07. The molecule has 2 aromatic rings. The molecular weight excluding hydrogens is 236 g/mol. The summed E-state index contributed by atoms with van der Waals surface area (Å²) >= 11 is 0. The van der Waals surface area contributed by atoms with E-state index in [1.54, 1.807) is 7.11 Å². The van der Waals surface area contributed by atoms with Crippen molar-refractivity contribution in [1.82, 2.24) is 10.3 Å². The van der Waals surface area contributed by atoms with Crippen molar-refractivity contribution in [1.29, 1.82) is 0 Å². The first-order valence-electron chi connectivity index (χ1n) is 6.45. The van der Waals surface area contributed by atoms with Crippen molar-refractivity contribution >= 4 is 0 Å². The second-order valence-electron chi connectivity index (χ2n) is 4.73. The third-order valence-corrected chi connectivity index (χ3v) is 2.93. The maximum atomic E-state index is 5.25. The maximum absolute atomic E-state index is 5.25. The van der Waals surface area contributed by atoms with E-state index in [0.717, 1.165) is 30.2 Å². The van der Waals surface area contributed by atoms with Crippen molar-refractivity contribution in [3.63, 3.8) is 0 Å². The van der Waals surface area contributed by atoms with Gasteiger partial charge in [0.25, 0.3) is 0 Å². The van der Waals surface area contributed by atoms with Crippen molar-refractivity contribution in [2.45, 2.75) is 26.9 Å². The molecule has 0 aliphatic heterocycles. The van der Waals surface area contributed by atoms with Gasteiger partial charge in [-0.3, -0.25) is 4.98 Å². The zero-order valence-corrected chi connectivity index (χ0v) is 11.7. The molecule has 1 N–H and O–H groups in total. The lowest BCUT2D eigenvalue weighted by molar-refractivity contribution is 0.412. The highest BCUT2D eigenvalue weighted by Gasteiger charge is 2.00. The Balaban J connectivity index is 1.94. The first kappa shape index (κ1) is 13.6. The summed E-state index contributed by atoms with van der Waals surface area (Å²) in [5.74, 6) is 0.861. The highest BCUT2D eigenvalue weighted by molar-refractivity contribution is 5.27. The van der Waals surface area contributed by atoms with Crippen molar-refractivity contribution in [3.8, 4) is 5.75 Å². The predicted molar refractivity (Wildman–Crippen MR) is 77.2 cm³/mol. The van der Waals surface area contributed by atoms with Gasteiger partial charge in [-0.05, 0) is 19.4 Å². The van der Waals surface area contributed by atoms with Crippen LogP contribution in [0.15, 0.2) is 36.4 Å². The van der Waals surface area contributed by atoms with Gasteiger partial charge in [-0.1, -0.05) is 29.8 Å². The van der Waals surface area contributed by atoms with Gasteiger partial charge in [0.1, 0.15) is 5.75 Å². The van der Waals surface area contributed by atoms with Crippen LogP contribution in [-0.2, 0) is 13.1 Å². The highest BCUT2D eigenvalue weighted by atomic mass is 16.5. The van der Waals surface area contributed by atoms with Gasteiger partial charge in [0.2, 0.25) is 0 Å². The molecule has 2 rings (SSSR count). The van der Waals surface area contributed by atoms with Crippen LogP contribution in [0.2, 0.25) is 0 Å². The van der Waals surface area contributed by atoms with E-state index in [-0.39, 0.29) is 0 Å². The van der Waals surface area contributed by atoms with E-state index in [4.69, 9.17) is 4.74 Å². The summed E-state index contributed by atoms with van der Waals surface area (Å²) in [7, 11) is 1.68. The summed E-state index contributed by atoms with van der Waals surface area (Å²) in [5.41, 5.74) is 4.56. The first-order valence-corrected chi connectivity index (χ1v) is 6.45. The lowest BCUT2D eigenvalue weighted by Crippen LogP contribution is -2.14. The minimum atomic E-state index is 0.742. The molecule has 0 atom stereocenters. The van der Waals surface area contributed by atoms with Crippen LogP contribution in [0.1, 0.15) is 22.5 Å². The number of aryl methyl sites for hydroxylation is 2. The van der Waals surface area contributed by atoms with E-state index in [2.05, 4.69) is 41.5 Å². The van der Waals surface area contributed by atoms with Crippen LogP contribution in [0, 0.1) is 13.8 Å². The summed E-state index contributed by atoms with van der Waals surface area (Å²) in [6.45, 7) is 5.68. The highest BCUT2D eigenvalue weighted by Crippen LogP contribution is 2.13. The first-order chi connectivity index (χ1) is 9.17. The maximum Gasteiger partial charge on any atom is 0.122 e. The molecule has 1 heterocycles. The number of hydrogen-bond donors (Lipinski definition) is 1. The topological polar surface area (TPSA) is 34.1 Å². The number of methoxy groups -OCH3 is 1. The van der Waals surface area contributed by atoms with Crippen LogP contribution < -0.4 is 10.1 Å². The Morgan fingerprint density at radius 3 is 2.68 bits per heavy atom. The van der Waals surface area contributed by atoms with E-state index in [1.165, 1.54) is 11.1 Å². The fourth-order valence-electron chi connectivity index (χ4n) is 2.07. The van der Waals surface area contributed by atoms with Crippen molar-refractivity contribution < 1.29 is 4.74 Å². The summed E-state index contributed by atoms with van der Waals surface area (Å²) < 4.78 is 5.25. The van der Waals surface area contributed by atoms with Gasteiger partial charge in [-0.2, -0.15) is 0 Å². The number of nitrogens with one attached hydrogen (secondary N) is 1. The van der Waals surface area contributed by atoms with Gasteiger partial charge in [0, 0.05) is 30.9 Å². The number of benzene rings is 1. The summed E-state index contributed by atoms with van der Waals surface area (Å²) in [4.78, 5) is 4.49.